The van der Waals surface area contributed by atoms with E-state index >= 15 is 0 Å². The minimum absolute atomic E-state index is 0.00296. The van der Waals surface area contributed by atoms with Gasteiger partial charge in [0, 0.05) is 12.3 Å². The first-order valence-corrected chi connectivity index (χ1v) is 6.39. The fourth-order valence-electron chi connectivity index (χ4n) is 1.02. The van der Waals surface area contributed by atoms with E-state index in [9.17, 15) is 9.59 Å². The van der Waals surface area contributed by atoms with Gasteiger partial charge in [-0.3, -0.25) is 9.59 Å². The normalized spacial score (nSPS) is 9.83. The van der Waals surface area contributed by atoms with E-state index in [1.807, 2.05) is 26.8 Å². The molecule has 1 atom stereocenters. The Bertz CT molecular complexity index is 241. The summed E-state index contributed by atoms with van der Waals surface area (Å²) in [4.78, 5) is 21.5. The van der Waals surface area contributed by atoms with Gasteiger partial charge in [-0.05, 0) is 26.7 Å². The third-order valence-corrected chi connectivity index (χ3v) is 1.91. The number of allylic oxidation sites excluding steroid dienone is 2. The van der Waals surface area contributed by atoms with E-state index in [-0.39, 0.29) is 18.1 Å². The Labute approximate surface area is 112 Å². The molecular formula is C15H29NO2. The lowest BCUT2D eigenvalue weighted by molar-refractivity contribution is -0.126. The molecule has 0 saturated carbocycles. The van der Waals surface area contributed by atoms with Gasteiger partial charge in [-0.15, -0.1) is 13.2 Å². The maximum absolute atomic E-state index is 11.0. The van der Waals surface area contributed by atoms with Crippen LogP contribution in [0.3, 0.4) is 0 Å². The summed E-state index contributed by atoms with van der Waals surface area (Å²) in [5.74, 6) is -0.715. The zero-order valence-electron chi connectivity index (χ0n) is 12.6. The average Bonchev–Trinajstić information content (AvgIpc) is 2.30. The maximum Gasteiger partial charge on any atom is 0.218 e. The largest absolute Gasteiger partial charge is 0.370 e. The molecule has 0 spiro atoms. The molecule has 0 aromatic carbocycles. The number of carbonyl (C=O) groups is 2. The van der Waals surface area contributed by atoms with Crippen LogP contribution in [0.5, 0.6) is 0 Å². The van der Waals surface area contributed by atoms with Crippen LogP contribution in [-0.2, 0) is 9.59 Å². The quantitative estimate of drug-likeness (QED) is 0.736. The number of nitrogens with two attached hydrogens (primary N) is 1. The van der Waals surface area contributed by atoms with Crippen molar-refractivity contribution in [1.29, 1.82) is 0 Å². The highest BCUT2D eigenvalue weighted by Gasteiger charge is 2.16. The summed E-state index contributed by atoms with van der Waals surface area (Å²) in [6.07, 6.45) is 3.64. The highest BCUT2D eigenvalue weighted by atomic mass is 16.1. The zero-order valence-corrected chi connectivity index (χ0v) is 12.6. The molecule has 0 heterocycles. The van der Waals surface area contributed by atoms with Gasteiger partial charge >= 0.3 is 0 Å². The monoisotopic (exact) mass is 255 g/mol. The summed E-state index contributed by atoms with van der Waals surface area (Å²) < 4.78 is 0. The number of hydrogen-bond acceptors (Lipinski definition) is 2. The highest BCUT2D eigenvalue weighted by molar-refractivity contribution is 5.85. The van der Waals surface area contributed by atoms with Crippen LogP contribution >= 0.6 is 0 Å². The van der Waals surface area contributed by atoms with Gasteiger partial charge in [-0.2, -0.15) is 0 Å². The van der Waals surface area contributed by atoms with Crippen LogP contribution < -0.4 is 5.73 Å². The molecule has 0 radical (unpaired) electrons. The SMILES string of the molecule is C=C(C)CC(CC(N)=O)C(C)=O.C=CCC.CC. The minimum atomic E-state index is -0.434. The summed E-state index contributed by atoms with van der Waals surface area (Å²) in [5, 5.41) is 0. The first-order chi connectivity index (χ1) is 8.34. The van der Waals surface area contributed by atoms with Crippen LogP contribution in [0, 0.1) is 5.92 Å². The number of ketones is 1. The van der Waals surface area contributed by atoms with Crippen molar-refractivity contribution in [1.82, 2.24) is 0 Å². The number of carbonyl (C=O) groups excluding carboxylic acids is 2. The number of primary amides is 1. The molecule has 0 aromatic rings. The van der Waals surface area contributed by atoms with E-state index in [4.69, 9.17) is 5.73 Å². The topological polar surface area (TPSA) is 60.2 Å². The lowest BCUT2D eigenvalue weighted by Gasteiger charge is -2.10. The van der Waals surface area contributed by atoms with Crippen LogP contribution in [-0.4, -0.2) is 11.7 Å². The Kier molecular flexibility index (Phi) is 19.0. The molecule has 0 rings (SSSR count). The van der Waals surface area contributed by atoms with Gasteiger partial charge in [0.2, 0.25) is 5.91 Å². The minimum Gasteiger partial charge on any atom is -0.370 e. The molecule has 106 valence electrons. The Morgan fingerprint density at radius 2 is 1.61 bits per heavy atom. The van der Waals surface area contributed by atoms with E-state index in [2.05, 4.69) is 20.1 Å². The number of amides is 1. The highest BCUT2D eigenvalue weighted by Crippen LogP contribution is 2.14. The lowest BCUT2D eigenvalue weighted by Crippen LogP contribution is -2.21. The molecular weight excluding hydrogens is 226 g/mol. The molecule has 0 saturated heterocycles. The van der Waals surface area contributed by atoms with Gasteiger partial charge in [0.25, 0.3) is 0 Å². The fraction of sp³-hybridized carbons (Fsp3) is 0.600. The summed E-state index contributed by atoms with van der Waals surface area (Å²) in [6.45, 7) is 16.5. The molecule has 2 N–H and O–H groups in total. The fourth-order valence-corrected chi connectivity index (χ4v) is 1.02. The Morgan fingerprint density at radius 1 is 1.22 bits per heavy atom. The molecule has 0 aliphatic rings. The molecule has 0 aliphatic carbocycles. The van der Waals surface area contributed by atoms with E-state index in [0.29, 0.717) is 6.42 Å². The van der Waals surface area contributed by atoms with Crippen LogP contribution in [0.15, 0.2) is 24.8 Å². The second kappa shape index (κ2) is 15.6. The van der Waals surface area contributed by atoms with E-state index in [1.165, 1.54) is 6.92 Å². The summed E-state index contributed by atoms with van der Waals surface area (Å²) in [7, 11) is 0. The van der Waals surface area contributed by atoms with Crippen molar-refractivity contribution in [2.75, 3.05) is 0 Å². The summed E-state index contributed by atoms with van der Waals surface area (Å²) in [6, 6.07) is 0. The van der Waals surface area contributed by atoms with Crippen LogP contribution in [0.25, 0.3) is 0 Å². The molecule has 0 aromatic heterocycles. The molecule has 3 heteroatoms. The van der Waals surface area contributed by atoms with Gasteiger partial charge in [0.05, 0.1) is 0 Å². The number of hydrogen-bond donors (Lipinski definition) is 1. The smallest absolute Gasteiger partial charge is 0.218 e. The Morgan fingerprint density at radius 3 is 1.78 bits per heavy atom. The third-order valence-electron chi connectivity index (χ3n) is 1.91. The molecule has 0 fully saturated rings. The standard InChI is InChI=1S/C9H15NO2.C4H8.C2H6/c1-6(2)4-8(7(3)11)5-9(10)12;1-3-4-2;1-2/h8H,1,4-5H2,2-3H3,(H2,10,12);3H,1,4H2,2H3;1-2H3. The molecule has 0 bridgehead atoms. The lowest BCUT2D eigenvalue weighted by atomic mass is 9.94. The molecule has 0 aliphatic heterocycles. The maximum atomic E-state index is 11.0. The number of rotatable bonds is 6. The Balaban J connectivity index is -0.000000317. The molecule has 18 heavy (non-hydrogen) atoms. The van der Waals surface area contributed by atoms with E-state index in [0.717, 1.165) is 12.0 Å². The van der Waals surface area contributed by atoms with Crippen molar-refractivity contribution in [2.45, 2.75) is 53.9 Å². The summed E-state index contributed by atoms with van der Waals surface area (Å²) in [5.41, 5.74) is 5.89. The first-order valence-electron chi connectivity index (χ1n) is 6.39. The van der Waals surface area contributed by atoms with Crippen molar-refractivity contribution in [2.24, 2.45) is 11.7 Å². The van der Waals surface area contributed by atoms with Crippen molar-refractivity contribution in [3.05, 3.63) is 24.8 Å². The molecule has 1 unspecified atom stereocenters. The predicted octanol–water partition coefficient (Wildman–Crippen LogP) is 3.64. The van der Waals surface area contributed by atoms with E-state index < -0.39 is 5.91 Å². The van der Waals surface area contributed by atoms with Gasteiger partial charge in [0.15, 0.2) is 0 Å². The molecule has 3 nitrogen and oxygen atoms in total. The van der Waals surface area contributed by atoms with Crippen LogP contribution in [0.1, 0.15) is 53.9 Å². The Hall–Kier alpha value is -1.38. The molecule has 1 amide bonds. The van der Waals surface area contributed by atoms with Gasteiger partial charge in [-0.1, -0.05) is 32.4 Å². The van der Waals surface area contributed by atoms with Gasteiger partial charge in [-0.25, -0.2) is 0 Å². The summed E-state index contributed by atoms with van der Waals surface area (Å²) >= 11 is 0. The van der Waals surface area contributed by atoms with Crippen molar-refractivity contribution in [3.63, 3.8) is 0 Å². The van der Waals surface area contributed by atoms with Crippen LogP contribution in [0.4, 0.5) is 0 Å². The van der Waals surface area contributed by atoms with Crippen molar-refractivity contribution >= 4 is 11.7 Å². The van der Waals surface area contributed by atoms with Gasteiger partial charge in [0.1, 0.15) is 5.78 Å². The van der Waals surface area contributed by atoms with Crippen molar-refractivity contribution < 1.29 is 9.59 Å². The third kappa shape index (κ3) is 20.1. The van der Waals surface area contributed by atoms with Crippen molar-refractivity contribution in [3.8, 4) is 0 Å². The van der Waals surface area contributed by atoms with E-state index in [1.54, 1.807) is 0 Å². The predicted molar refractivity (Wildman–Crippen MR) is 79.2 cm³/mol. The second-order valence-corrected chi connectivity index (χ2v) is 3.84. The first kappa shape index (κ1) is 21.9. The van der Waals surface area contributed by atoms with Gasteiger partial charge < -0.3 is 5.73 Å². The zero-order chi connectivity index (χ0) is 15.1. The average molecular weight is 255 g/mol. The second-order valence-electron chi connectivity index (χ2n) is 3.84. The van der Waals surface area contributed by atoms with Crippen LogP contribution in [0.2, 0.25) is 0 Å². The number of Topliss-reactive ketones (excluding diaryl/α,β-unsaturated/α-hetero) is 1.